The predicted molar refractivity (Wildman–Crippen MR) is 118 cm³/mol. The highest BCUT2D eigenvalue weighted by atomic mass is 16.5. The first-order valence-corrected chi connectivity index (χ1v) is 10.8. The third kappa shape index (κ3) is 2.70. The van der Waals surface area contributed by atoms with Crippen LogP contribution in [0.1, 0.15) is 30.1 Å². The van der Waals surface area contributed by atoms with Crippen molar-refractivity contribution in [1.29, 1.82) is 0 Å². The number of fused-ring (bicyclic) bond motifs is 1. The van der Waals surface area contributed by atoms with Gasteiger partial charge in [0.05, 0.1) is 34.6 Å². The molecule has 1 aliphatic carbocycles. The molecule has 1 fully saturated rings. The fraction of sp³-hybridized carbons (Fsp3) is 0.333. The van der Waals surface area contributed by atoms with E-state index in [1.54, 1.807) is 0 Å². The van der Waals surface area contributed by atoms with Gasteiger partial charge in [-0.2, -0.15) is 0 Å². The maximum absolute atomic E-state index is 12.3. The van der Waals surface area contributed by atoms with Gasteiger partial charge in [-0.3, -0.25) is 0 Å². The van der Waals surface area contributed by atoms with E-state index >= 15 is 0 Å². The monoisotopic (exact) mass is 400 g/mol. The van der Waals surface area contributed by atoms with Crippen LogP contribution in [-0.2, 0) is 17.8 Å². The number of nitrogens with one attached hydrogen (secondary N) is 1. The van der Waals surface area contributed by atoms with Crippen LogP contribution in [0.5, 0.6) is 0 Å². The van der Waals surface area contributed by atoms with Gasteiger partial charge in [0.25, 0.3) is 0 Å². The maximum atomic E-state index is 12.3. The number of imidazole rings is 1. The summed E-state index contributed by atoms with van der Waals surface area (Å²) < 4.78 is 9.96. The molecule has 1 aliphatic heterocycles. The SMILES string of the molecule is CCOC(=O)c1cc2c3c(c1)nc(-c1cc4ccccc4n1CC1CC1)n3CCN2. The zero-order valence-electron chi connectivity index (χ0n) is 17.0. The minimum Gasteiger partial charge on any atom is -0.462 e. The number of esters is 1. The van der Waals surface area contributed by atoms with Crippen molar-refractivity contribution >= 4 is 33.6 Å². The van der Waals surface area contributed by atoms with E-state index in [-0.39, 0.29) is 5.97 Å². The van der Waals surface area contributed by atoms with Gasteiger partial charge in [-0.1, -0.05) is 18.2 Å². The van der Waals surface area contributed by atoms with Gasteiger partial charge in [0.15, 0.2) is 5.82 Å². The Morgan fingerprint density at radius 2 is 2.10 bits per heavy atom. The van der Waals surface area contributed by atoms with Gasteiger partial charge >= 0.3 is 5.97 Å². The van der Waals surface area contributed by atoms with Crippen molar-refractivity contribution in [2.45, 2.75) is 32.9 Å². The third-order valence-corrected chi connectivity index (χ3v) is 6.18. The number of benzene rings is 2. The molecule has 152 valence electrons. The Labute approximate surface area is 174 Å². The number of nitrogens with zero attached hydrogens (tertiary/aromatic N) is 3. The molecule has 0 amide bonds. The number of rotatable bonds is 5. The Hall–Kier alpha value is -3.28. The third-order valence-electron chi connectivity index (χ3n) is 6.18. The summed E-state index contributed by atoms with van der Waals surface area (Å²) in [6.07, 6.45) is 2.61. The first kappa shape index (κ1) is 17.6. The number of hydrogen-bond donors (Lipinski definition) is 1. The lowest BCUT2D eigenvalue weighted by Crippen LogP contribution is -2.18. The second-order valence-electron chi connectivity index (χ2n) is 8.27. The van der Waals surface area contributed by atoms with E-state index in [0.717, 1.165) is 53.8 Å². The molecule has 3 heterocycles. The Bertz CT molecular complexity index is 1300. The number of para-hydroxylation sites is 1. The van der Waals surface area contributed by atoms with Crippen molar-refractivity contribution < 1.29 is 9.53 Å². The molecular weight excluding hydrogens is 376 g/mol. The highest BCUT2D eigenvalue weighted by Crippen LogP contribution is 2.38. The first-order valence-electron chi connectivity index (χ1n) is 10.8. The smallest absolute Gasteiger partial charge is 0.338 e. The predicted octanol–water partition coefficient (Wildman–Crippen LogP) is 4.67. The number of carbonyl (C=O) groups is 1. The molecule has 1 N–H and O–H groups in total. The van der Waals surface area contributed by atoms with Crippen molar-refractivity contribution in [2.75, 3.05) is 18.5 Å². The molecule has 4 aromatic rings. The molecule has 0 spiro atoms. The molecule has 2 aromatic carbocycles. The summed E-state index contributed by atoms with van der Waals surface area (Å²) in [5, 5.41) is 4.68. The Morgan fingerprint density at radius 1 is 1.23 bits per heavy atom. The standard InChI is InChI=1S/C24H24N4O2/c1-2-30-24(29)17-11-18-22-19(12-17)26-23(27(22)10-9-25-18)21-13-16-5-3-4-6-20(16)28(21)14-15-7-8-15/h3-6,11-13,15,25H,2,7-10,14H2,1H3. The van der Waals surface area contributed by atoms with Crippen molar-refractivity contribution in [3.8, 4) is 11.5 Å². The van der Waals surface area contributed by atoms with E-state index in [0.29, 0.717) is 12.2 Å². The average Bonchev–Trinajstić information content (AvgIpc) is 3.41. The van der Waals surface area contributed by atoms with Gasteiger partial charge in [-0.15, -0.1) is 0 Å². The zero-order chi connectivity index (χ0) is 20.2. The van der Waals surface area contributed by atoms with Crippen LogP contribution >= 0.6 is 0 Å². The van der Waals surface area contributed by atoms with E-state index in [1.165, 1.54) is 23.7 Å². The van der Waals surface area contributed by atoms with Crippen molar-refractivity contribution in [3.63, 3.8) is 0 Å². The molecule has 1 saturated carbocycles. The Balaban J connectivity index is 1.57. The second-order valence-corrected chi connectivity index (χ2v) is 8.27. The van der Waals surface area contributed by atoms with E-state index in [2.05, 4.69) is 44.8 Å². The quantitative estimate of drug-likeness (QED) is 0.495. The van der Waals surface area contributed by atoms with Crippen LogP contribution in [0, 0.1) is 5.92 Å². The van der Waals surface area contributed by atoms with E-state index < -0.39 is 0 Å². The molecule has 2 aromatic heterocycles. The van der Waals surface area contributed by atoms with Crippen LogP contribution in [0.25, 0.3) is 33.5 Å². The summed E-state index contributed by atoms with van der Waals surface area (Å²) in [4.78, 5) is 17.4. The average molecular weight is 400 g/mol. The van der Waals surface area contributed by atoms with Gasteiger partial charge in [-0.05, 0) is 49.9 Å². The minimum atomic E-state index is -0.304. The summed E-state index contributed by atoms with van der Waals surface area (Å²) in [6.45, 7) is 4.87. The van der Waals surface area contributed by atoms with Crippen LogP contribution in [-0.4, -0.2) is 33.2 Å². The molecule has 0 unspecified atom stereocenters. The number of carbonyl (C=O) groups excluding carboxylic acids is 1. The van der Waals surface area contributed by atoms with Gasteiger partial charge in [-0.25, -0.2) is 9.78 Å². The molecule has 0 atom stereocenters. The van der Waals surface area contributed by atoms with Gasteiger partial charge in [0.2, 0.25) is 0 Å². The van der Waals surface area contributed by atoms with Crippen LogP contribution in [0.4, 0.5) is 5.69 Å². The summed E-state index contributed by atoms with van der Waals surface area (Å²) in [5.74, 6) is 1.44. The second kappa shape index (κ2) is 6.62. The topological polar surface area (TPSA) is 61.1 Å². The molecule has 6 heteroatoms. The zero-order valence-corrected chi connectivity index (χ0v) is 17.0. The van der Waals surface area contributed by atoms with E-state index in [1.807, 2.05) is 19.1 Å². The fourth-order valence-electron chi connectivity index (χ4n) is 4.60. The molecule has 0 saturated heterocycles. The van der Waals surface area contributed by atoms with Crippen LogP contribution in [0.3, 0.4) is 0 Å². The fourth-order valence-corrected chi connectivity index (χ4v) is 4.60. The first-order chi connectivity index (χ1) is 14.7. The molecule has 2 aliphatic rings. The number of aromatic nitrogens is 3. The van der Waals surface area contributed by atoms with Crippen LogP contribution < -0.4 is 5.32 Å². The normalized spacial score (nSPS) is 15.5. The van der Waals surface area contributed by atoms with Gasteiger partial charge in [0, 0.05) is 30.5 Å². The van der Waals surface area contributed by atoms with Crippen LogP contribution in [0.2, 0.25) is 0 Å². The lowest BCUT2D eigenvalue weighted by atomic mass is 10.1. The van der Waals surface area contributed by atoms with Crippen molar-refractivity contribution in [1.82, 2.24) is 14.1 Å². The maximum Gasteiger partial charge on any atom is 0.338 e. The van der Waals surface area contributed by atoms with Crippen molar-refractivity contribution in [2.24, 2.45) is 5.92 Å². The van der Waals surface area contributed by atoms with E-state index in [9.17, 15) is 4.79 Å². The largest absolute Gasteiger partial charge is 0.462 e. The van der Waals surface area contributed by atoms with E-state index in [4.69, 9.17) is 9.72 Å². The number of hydrogen-bond acceptors (Lipinski definition) is 4. The summed E-state index contributed by atoms with van der Waals surface area (Å²) in [7, 11) is 0. The number of anilines is 1. The van der Waals surface area contributed by atoms with Crippen LogP contribution in [0.15, 0.2) is 42.5 Å². The van der Waals surface area contributed by atoms with Gasteiger partial charge < -0.3 is 19.2 Å². The Morgan fingerprint density at radius 3 is 2.93 bits per heavy atom. The molecule has 6 rings (SSSR count). The molecule has 0 radical (unpaired) electrons. The lowest BCUT2D eigenvalue weighted by molar-refractivity contribution is 0.0526. The molecule has 30 heavy (non-hydrogen) atoms. The highest BCUT2D eigenvalue weighted by Gasteiger charge is 2.27. The molecular formula is C24H24N4O2. The van der Waals surface area contributed by atoms with Gasteiger partial charge in [0.1, 0.15) is 0 Å². The van der Waals surface area contributed by atoms with Crippen molar-refractivity contribution in [3.05, 3.63) is 48.0 Å². The Kier molecular flexibility index (Phi) is 3.88. The summed E-state index contributed by atoms with van der Waals surface area (Å²) in [6, 6.07) is 14.6. The molecule has 0 bridgehead atoms. The highest BCUT2D eigenvalue weighted by molar-refractivity contribution is 6.01. The number of ether oxygens (including phenoxy) is 1. The lowest BCUT2D eigenvalue weighted by Gasteiger charge is -2.20. The summed E-state index contributed by atoms with van der Waals surface area (Å²) >= 11 is 0. The summed E-state index contributed by atoms with van der Waals surface area (Å²) in [5.41, 5.74) is 5.81. The molecule has 6 nitrogen and oxygen atoms in total. The minimum absolute atomic E-state index is 0.304.